The van der Waals surface area contributed by atoms with Crippen LogP contribution in [0.25, 0.3) is 0 Å². The topological polar surface area (TPSA) is 37.4 Å². The van der Waals surface area contributed by atoms with Gasteiger partial charge in [-0.2, -0.15) is 0 Å². The van der Waals surface area contributed by atoms with Crippen LogP contribution in [-0.4, -0.2) is 31.6 Å². The van der Waals surface area contributed by atoms with Crippen LogP contribution in [0.5, 0.6) is 0 Å². The summed E-state index contributed by atoms with van der Waals surface area (Å²) in [4.78, 5) is 0. The number of hydrogen-bond acceptors (Lipinski definition) is 2. The molecule has 0 aliphatic carbocycles. The zero-order chi connectivity index (χ0) is 12.8. The lowest BCUT2D eigenvalue weighted by Gasteiger charge is -2.26. The molecule has 0 aromatic rings. The second-order valence-electron chi connectivity index (χ2n) is 5.53. The molecule has 0 unspecified atom stereocenters. The van der Waals surface area contributed by atoms with Crippen LogP contribution in [0, 0.1) is 5.41 Å². The highest BCUT2D eigenvalue weighted by molar-refractivity contribution is 7.89. The largest absolute Gasteiger partial charge is 0.214 e. The van der Waals surface area contributed by atoms with E-state index in [1.165, 1.54) is 0 Å². The van der Waals surface area contributed by atoms with Crippen LogP contribution in [0.2, 0.25) is 0 Å². The molecule has 0 radical (unpaired) electrons. The van der Waals surface area contributed by atoms with E-state index in [1.54, 1.807) is 4.31 Å². The quantitative estimate of drug-likeness (QED) is 0.696. The average Bonchev–Trinajstić information content (AvgIpc) is 2.10. The fourth-order valence-corrected chi connectivity index (χ4v) is 3.09. The Hall–Kier alpha value is -0.0900. The van der Waals surface area contributed by atoms with Crippen molar-refractivity contribution in [3.8, 4) is 0 Å². The molecule has 0 N–H and O–H groups in total. The fourth-order valence-electron chi connectivity index (χ4n) is 1.49. The Bertz CT molecular complexity index is 278. The molecule has 16 heavy (non-hydrogen) atoms. The summed E-state index contributed by atoms with van der Waals surface area (Å²) in [5.74, 6) is 0.275. The molecule has 0 aliphatic rings. The maximum atomic E-state index is 12.0. The third kappa shape index (κ3) is 6.48. The monoisotopic (exact) mass is 249 g/mol. The highest BCUT2D eigenvalue weighted by Crippen LogP contribution is 2.20. The smallest absolute Gasteiger partial charge is 0.212 e. The molecule has 0 heterocycles. The molecule has 4 heteroatoms. The average molecular weight is 249 g/mol. The number of hydrogen-bond donors (Lipinski definition) is 0. The molecular weight excluding hydrogens is 222 g/mol. The summed E-state index contributed by atoms with van der Waals surface area (Å²) >= 11 is 0. The second kappa shape index (κ2) is 6.60. The molecule has 0 atom stereocenters. The Morgan fingerprint density at radius 1 is 1.00 bits per heavy atom. The first-order valence-corrected chi connectivity index (χ1v) is 7.81. The number of sulfonamides is 1. The molecule has 98 valence electrons. The lowest BCUT2D eigenvalue weighted by atomic mass is 9.92. The molecule has 0 amide bonds. The second-order valence-corrected chi connectivity index (χ2v) is 7.61. The van der Waals surface area contributed by atoms with Crippen molar-refractivity contribution in [2.75, 3.05) is 18.8 Å². The lowest BCUT2D eigenvalue weighted by Crippen LogP contribution is -2.35. The summed E-state index contributed by atoms with van der Waals surface area (Å²) in [6.45, 7) is 11.7. The first-order chi connectivity index (χ1) is 7.23. The summed E-state index contributed by atoms with van der Waals surface area (Å²) < 4.78 is 25.6. The van der Waals surface area contributed by atoms with Gasteiger partial charge in [-0.05, 0) is 24.7 Å². The Morgan fingerprint density at radius 2 is 1.56 bits per heavy atom. The SMILES string of the molecule is CCCN(CCC(C)(C)C)S(=O)(=O)CCC. The normalized spacial score (nSPS) is 13.4. The summed E-state index contributed by atoms with van der Waals surface area (Å²) in [6.07, 6.45) is 2.49. The van der Waals surface area contributed by atoms with E-state index in [2.05, 4.69) is 20.8 Å². The van der Waals surface area contributed by atoms with Crippen LogP contribution in [-0.2, 0) is 10.0 Å². The first kappa shape index (κ1) is 15.9. The Morgan fingerprint density at radius 3 is 1.94 bits per heavy atom. The Labute approximate surface area is 101 Å². The molecule has 0 saturated carbocycles. The fraction of sp³-hybridized carbons (Fsp3) is 1.00. The molecule has 0 aromatic carbocycles. The molecule has 0 fully saturated rings. The minimum absolute atomic E-state index is 0.188. The third-order valence-electron chi connectivity index (χ3n) is 2.44. The van der Waals surface area contributed by atoms with Crippen molar-refractivity contribution in [2.24, 2.45) is 5.41 Å². The van der Waals surface area contributed by atoms with Gasteiger partial charge < -0.3 is 0 Å². The van der Waals surface area contributed by atoms with E-state index < -0.39 is 10.0 Å². The van der Waals surface area contributed by atoms with Gasteiger partial charge in [-0.3, -0.25) is 0 Å². The summed E-state index contributed by atoms with van der Waals surface area (Å²) in [5.41, 5.74) is 0.188. The summed E-state index contributed by atoms with van der Waals surface area (Å²) in [5, 5.41) is 0. The van der Waals surface area contributed by atoms with Crippen LogP contribution in [0.1, 0.15) is 53.9 Å². The van der Waals surface area contributed by atoms with Gasteiger partial charge in [0, 0.05) is 13.1 Å². The van der Waals surface area contributed by atoms with E-state index in [9.17, 15) is 8.42 Å². The van der Waals surface area contributed by atoms with Gasteiger partial charge in [0.25, 0.3) is 0 Å². The molecule has 0 saturated heterocycles. The number of nitrogens with zero attached hydrogens (tertiary/aromatic N) is 1. The predicted molar refractivity (Wildman–Crippen MR) is 70.0 cm³/mol. The molecular formula is C12H27NO2S. The molecule has 0 bridgehead atoms. The highest BCUT2D eigenvalue weighted by atomic mass is 32.2. The maximum absolute atomic E-state index is 12.0. The van der Waals surface area contributed by atoms with Crippen LogP contribution in [0.3, 0.4) is 0 Å². The van der Waals surface area contributed by atoms with Gasteiger partial charge in [-0.15, -0.1) is 0 Å². The van der Waals surface area contributed by atoms with Crippen LogP contribution >= 0.6 is 0 Å². The van der Waals surface area contributed by atoms with Crippen molar-refractivity contribution < 1.29 is 8.42 Å². The van der Waals surface area contributed by atoms with Gasteiger partial charge in [0.1, 0.15) is 0 Å². The Balaban J connectivity index is 4.49. The highest BCUT2D eigenvalue weighted by Gasteiger charge is 2.22. The van der Waals surface area contributed by atoms with Crippen LogP contribution in [0.15, 0.2) is 0 Å². The van der Waals surface area contributed by atoms with Gasteiger partial charge in [0.05, 0.1) is 5.75 Å². The van der Waals surface area contributed by atoms with Crippen molar-refractivity contribution in [1.82, 2.24) is 4.31 Å². The maximum Gasteiger partial charge on any atom is 0.214 e. The minimum Gasteiger partial charge on any atom is -0.212 e. The molecule has 0 aromatic heterocycles. The molecule has 0 rings (SSSR count). The van der Waals surface area contributed by atoms with Gasteiger partial charge in [-0.25, -0.2) is 12.7 Å². The zero-order valence-corrected chi connectivity index (χ0v) is 12.2. The Kier molecular flexibility index (Phi) is 6.56. The van der Waals surface area contributed by atoms with Gasteiger partial charge >= 0.3 is 0 Å². The molecule has 0 spiro atoms. The van der Waals surface area contributed by atoms with Crippen LogP contribution < -0.4 is 0 Å². The third-order valence-corrected chi connectivity index (χ3v) is 4.52. The van der Waals surface area contributed by atoms with Gasteiger partial charge in [-0.1, -0.05) is 34.6 Å². The van der Waals surface area contributed by atoms with Crippen molar-refractivity contribution in [1.29, 1.82) is 0 Å². The minimum atomic E-state index is -3.02. The molecule has 3 nitrogen and oxygen atoms in total. The van der Waals surface area contributed by atoms with Crippen molar-refractivity contribution in [3.63, 3.8) is 0 Å². The standard InChI is InChI=1S/C12H27NO2S/c1-6-9-13(10-8-12(3,4)5)16(14,15)11-7-2/h6-11H2,1-5H3. The van der Waals surface area contributed by atoms with Crippen LogP contribution in [0.4, 0.5) is 0 Å². The van der Waals surface area contributed by atoms with E-state index in [1.807, 2.05) is 13.8 Å². The van der Waals surface area contributed by atoms with E-state index in [-0.39, 0.29) is 11.2 Å². The first-order valence-electron chi connectivity index (χ1n) is 6.20. The van der Waals surface area contributed by atoms with E-state index in [4.69, 9.17) is 0 Å². The van der Waals surface area contributed by atoms with Crippen molar-refractivity contribution >= 4 is 10.0 Å². The van der Waals surface area contributed by atoms with Gasteiger partial charge in [0.2, 0.25) is 10.0 Å². The van der Waals surface area contributed by atoms with E-state index in [0.717, 1.165) is 12.8 Å². The van der Waals surface area contributed by atoms with Crippen molar-refractivity contribution in [3.05, 3.63) is 0 Å². The predicted octanol–water partition coefficient (Wildman–Crippen LogP) is 2.87. The summed E-state index contributed by atoms with van der Waals surface area (Å²) in [6, 6.07) is 0. The molecule has 0 aliphatic heterocycles. The van der Waals surface area contributed by atoms with Gasteiger partial charge in [0.15, 0.2) is 0 Å². The van der Waals surface area contributed by atoms with E-state index >= 15 is 0 Å². The lowest BCUT2D eigenvalue weighted by molar-refractivity contribution is 0.310. The summed E-state index contributed by atoms with van der Waals surface area (Å²) in [7, 11) is -3.02. The zero-order valence-electron chi connectivity index (χ0n) is 11.4. The van der Waals surface area contributed by atoms with Crippen molar-refractivity contribution in [2.45, 2.75) is 53.9 Å². The number of rotatable bonds is 7. The van der Waals surface area contributed by atoms with E-state index in [0.29, 0.717) is 19.5 Å².